The summed E-state index contributed by atoms with van der Waals surface area (Å²) < 4.78 is 5.28. The monoisotopic (exact) mass is 340 g/mol. The number of carbonyl (C=O) groups excluding carboxylic acids is 2. The van der Waals surface area contributed by atoms with E-state index >= 15 is 0 Å². The van der Waals surface area contributed by atoms with Gasteiger partial charge in [0.2, 0.25) is 0 Å². The second kappa shape index (κ2) is 7.38. The van der Waals surface area contributed by atoms with Crippen molar-refractivity contribution in [3.8, 4) is 5.75 Å². The topological polar surface area (TPSA) is 58.6 Å². The first-order chi connectivity index (χ1) is 11.8. The molecule has 1 N–H and O–H groups in total. The largest absolute Gasteiger partial charge is 0.496 e. The fraction of sp³-hybridized carbons (Fsp3) is 0.300. The molecule has 0 spiro atoms. The average molecular weight is 340 g/mol. The molecule has 5 nitrogen and oxygen atoms in total. The third-order valence-electron chi connectivity index (χ3n) is 3.81. The molecule has 0 atom stereocenters. The van der Waals surface area contributed by atoms with Gasteiger partial charge in [-0.2, -0.15) is 0 Å². The molecule has 0 aromatic heterocycles. The van der Waals surface area contributed by atoms with E-state index in [2.05, 4.69) is 5.43 Å². The summed E-state index contributed by atoms with van der Waals surface area (Å²) in [6.07, 6.45) is 0. The maximum atomic E-state index is 13.1. The summed E-state index contributed by atoms with van der Waals surface area (Å²) in [5.74, 6) is -0.185. The maximum Gasteiger partial charge on any atom is 0.276 e. The van der Waals surface area contributed by atoms with Gasteiger partial charge in [0.05, 0.1) is 18.2 Å². The Kier molecular flexibility index (Phi) is 5.47. The van der Waals surface area contributed by atoms with Crippen molar-refractivity contribution in [1.29, 1.82) is 0 Å². The van der Waals surface area contributed by atoms with Crippen molar-refractivity contribution >= 4 is 11.8 Å². The van der Waals surface area contributed by atoms with Gasteiger partial charge in [-0.1, -0.05) is 30.3 Å². The molecule has 2 rings (SSSR count). The van der Waals surface area contributed by atoms with Gasteiger partial charge in [0, 0.05) is 5.56 Å². The lowest BCUT2D eigenvalue weighted by Gasteiger charge is -2.35. The molecule has 0 saturated carbocycles. The molecule has 2 aromatic carbocycles. The molecule has 0 heterocycles. The molecule has 132 valence electrons. The number of para-hydroxylation sites is 1. The number of nitrogens with zero attached hydrogens (tertiary/aromatic N) is 1. The zero-order valence-corrected chi connectivity index (χ0v) is 15.3. The number of hydrogen-bond acceptors (Lipinski definition) is 3. The summed E-state index contributed by atoms with van der Waals surface area (Å²) in [5.41, 5.74) is 3.91. The quantitative estimate of drug-likeness (QED) is 0.869. The SMILES string of the molecule is COc1ccccc1C(=O)N(NC(=O)c1ccccc1C)C(C)(C)C. The molecule has 25 heavy (non-hydrogen) atoms. The Balaban J connectivity index is 2.36. The van der Waals surface area contributed by atoms with Gasteiger partial charge in [0.15, 0.2) is 0 Å². The number of amides is 2. The van der Waals surface area contributed by atoms with Crippen molar-refractivity contribution in [1.82, 2.24) is 10.4 Å². The molecule has 0 aliphatic heterocycles. The third kappa shape index (κ3) is 4.18. The molecule has 0 bridgehead atoms. The van der Waals surface area contributed by atoms with Gasteiger partial charge < -0.3 is 4.74 Å². The summed E-state index contributed by atoms with van der Waals surface area (Å²) in [6, 6.07) is 14.2. The van der Waals surface area contributed by atoms with E-state index in [-0.39, 0.29) is 11.8 Å². The minimum Gasteiger partial charge on any atom is -0.496 e. The van der Waals surface area contributed by atoms with Crippen LogP contribution >= 0.6 is 0 Å². The maximum absolute atomic E-state index is 13.1. The predicted octanol–water partition coefficient (Wildman–Crippen LogP) is 3.59. The van der Waals surface area contributed by atoms with Crippen molar-refractivity contribution in [2.24, 2.45) is 0 Å². The lowest BCUT2D eigenvalue weighted by atomic mass is 10.1. The summed E-state index contributed by atoms with van der Waals surface area (Å²) in [6.45, 7) is 7.44. The minimum absolute atomic E-state index is 0.323. The van der Waals surface area contributed by atoms with Crippen LogP contribution in [0.5, 0.6) is 5.75 Å². The van der Waals surface area contributed by atoms with Crippen LogP contribution < -0.4 is 10.2 Å². The Morgan fingerprint density at radius 2 is 1.52 bits per heavy atom. The lowest BCUT2D eigenvalue weighted by Crippen LogP contribution is -2.56. The molecule has 0 aliphatic carbocycles. The summed E-state index contributed by atoms with van der Waals surface area (Å²) in [4.78, 5) is 25.7. The highest BCUT2D eigenvalue weighted by molar-refractivity contribution is 6.01. The number of ether oxygens (including phenoxy) is 1. The van der Waals surface area contributed by atoms with E-state index in [4.69, 9.17) is 4.74 Å². The predicted molar refractivity (Wildman–Crippen MR) is 97.6 cm³/mol. The Hall–Kier alpha value is -2.82. The number of hydrazine groups is 1. The number of rotatable bonds is 3. The van der Waals surface area contributed by atoms with E-state index in [0.717, 1.165) is 5.56 Å². The normalized spacial score (nSPS) is 10.9. The van der Waals surface area contributed by atoms with Gasteiger partial charge in [-0.25, -0.2) is 5.01 Å². The molecular formula is C20H24N2O3. The van der Waals surface area contributed by atoms with Crippen LogP contribution in [0.3, 0.4) is 0 Å². The smallest absolute Gasteiger partial charge is 0.276 e. The third-order valence-corrected chi connectivity index (χ3v) is 3.81. The van der Waals surface area contributed by atoms with Gasteiger partial charge in [-0.15, -0.1) is 0 Å². The van der Waals surface area contributed by atoms with Crippen molar-refractivity contribution in [2.45, 2.75) is 33.2 Å². The van der Waals surface area contributed by atoms with E-state index in [9.17, 15) is 9.59 Å². The summed E-state index contributed by atoms with van der Waals surface area (Å²) >= 11 is 0. The van der Waals surface area contributed by atoms with Gasteiger partial charge in [0.25, 0.3) is 11.8 Å². The Labute approximate surface area is 148 Å². The van der Waals surface area contributed by atoms with E-state index in [1.807, 2.05) is 39.8 Å². The van der Waals surface area contributed by atoms with Crippen molar-refractivity contribution in [3.63, 3.8) is 0 Å². The number of nitrogens with one attached hydrogen (secondary N) is 1. The van der Waals surface area contributed by atoms with Crippen molar-refractivity contribution in [2.75, 3.05) is 7.11 Å². The van der Waals surface area contributed by atoms with Crippen molar-refractivity contribution < 1.29 is 14.3 Å². The average Bonchev–Trinajstić information content (AvgIpc) is 2.58. The van der Waals surface area contributed by atoms with Gasteiger partial charge in [-0.05, 0) is 51.5 Å². The Bertz CT molecular complexity index is 779. The molecule has 0 unspecified atom stereocenters. The summed E-state index contributed by atoms with van der Waals surface area (Å²) in [5, 5.41) is 1.35. The number of carbonyl (C=O) groups is 2. The second-order valence-electron chi connectivity index (χ2n) is 6.77. The van der Waals surface area contributed by atoms with E-state index in [1.165, 1.54) is 12.1 Å². The first kappa shape index (κ1) is 18.5. The van der Waals surface area contributed by atoms with E-state index in [1.54, 1.807) is 36.4 Å². The van der Waals surface area contributed by atoms with Crippen molar-refractivity contribution in [3.05, 3.63) is 65.2 Å². The van der Waals surface area contributed by atoms with Crippen LogP contribution in [-0.4, -0.2) is 29.5 Å². The first-order valence-corrected chi connectivity index (χ1v) is 8.10. The van der Waals surface area contributed by atoms with Gasteiger partial charge in [-0.3, -0.25) is 15.0 Å². The summed E-state index contributed by atoms with van der Waals surface area (Å²) in [7, 11) is 1.51. The molecule has 0 saturated heterocycles. The Morgan fingerprint density at radius 3 is 2.08 bits per heavy atom. The fourth-order valence-corrected chi connectivity index (χ4v) is 2.45. The molecular weight excluding hydrogens is 316 g/mol. The van der Waals surface area contributed by atoms with Crippen LogP contribution in [0, 0.1) is 6.92 Å². The van der Waals surface area contributed by atoms with Crippen LogP contribution in [0.25, 0.3) is 0 Å². The van der Waals surface area contributed by atoms with Crippen LogP contribution in [0.2, 0.25) is 0 Å². The van der Waals surface area contributed by atoms with E-state index in [0.29, 0.717) is 16.9 Å². The van der Waals surface area contributed by atoms with Crippen LogP contribution in [0.1, 0.15) is 47.1 Å². The molecule has 5 heteroatoms. The number of methoxy groups -OCH3 is 1. The molecule has 0 fully saturated rings. The van der Waals surface area contributed by atoms with Crippen LogP contribution in [0.15, 0.2) is 48.5 Å². The Morgan fingerprint density at radius 1 is 0.960 bits per heavy atom. The molecule has 0 radical (unpaired) electrons. The first-order valence-electron chi connectivity index (χ1n) is 8.10. The van der Waals surface area contributed by atoms with Crippen LogP contribution in [0.4, 0.5) is 0 Å². The molecule has 2 aromatic rings. The molecule has 0 aliphatic rings. The van der Waals surface area contributed by atoms with Gasteiger partial charge in [0.1, 0.15) is 5.75 Å². The number of benzene rings is 2. The van der Waals surface area contributed by atoms with E-state index < -0.39 is 5.54 Å². The number of hydrogen-bond donors (Lipinski definition) is 1. The second-order valence-corrected chi connectivity index (χ2v) is 6.77. The van der Waals surface area contributed by atoms with Gasteiger partial charge >= 0.3 is 0 Å². The highest BCUT2D eigenvalue weighted by Gasteiger charge is 2.31. The fourth-order valence-electron chi connectivity index (χ4n) is 2.45. The highest BCUT2D eigenvalue weighted by Crippen LogP contribution is 2.23. The lowest BCUT2D eigenvalue weighted by molar-refractivity contribution is 0.0356. The zero-order valence-electron chi connectivity index (χ0n) is 15.3. The zero-order chi connectivity index (χ0) is 18.6. The highest BCUT2D eigenvalue weighted by atomic mass is 16.5. The molecule has 2 amide bonds. The number of aryl methyl sites for hydroxylation is 1. The standard InChI is InChI=1S/C20H24N2O3/c1-14-10-6-7-11-15(14)18(23)21-22(20(2,3)4)19(24)16-12-8-9-13-17(16)25-5/h6-13H,1-5H3,(H,21,23). The minimum atomic E-state index is -0.615. The van der Waals surface area contributed by atoms with Crippen LogP contribution in [-0.2, 0) is 0 Å².